The molecule has 1 aromatic heterocycles. The van der Waals surface area contributed by atoms with Gasteiger partial charge in [0.2, 0.25) is 11.8 Å². The number of carbonyl (C=O) groups excluding carboxylic acids is 2. The van der Waals surface area contributed by atoms with E-state index in [1.165, 1.54) is 6.07 Å². The van der Waals surface area contributed by atoms with Gasteiger partial charge < -0.3 is 0 Å². The minimum atomic E-state index is -4.37. The predicted molar refractivity (Wildman–Crippen MR) is 95.8 cm³/mol. The van der Waals surface area contributed by atoms with Crippen LogP contribution in [-0.2, 0) is 15.8 Å². The van der Waals surface area contributed by atoms with Crippen LogP contribution in [0, 0.1) is 11.8 Å². The maximum atomic E-state index is 12.6. The molecule has 0 bridgehead atoms. The van der Waals surface area contributed by atoms with Crippen molar-refractivity contribution in [3.05, 3.63) is 23.9 Å². The van der Waals surface area contributed by atoms with Crippen molar-refractivity contribution in [2.75, 3.05) is 18.0 Å². The van der Waals surface area contributed by atoms with Crippen LogP contribution in [0.4, 0.5) is 19.0 Å². The van der Waals surface area contributed by atoms with Gasteiger partial charge in [-0.05, 0) is 31.7 Å². The van der Waals surface area contributed by atoms with Gasteiger partial charge in [0.15, 0.2) is 0 Å². The van der Waals surface area contributed by atoms with Crippen molar-refractivity contribution in [1.29, 1.82) is 0 Å². The summed E-state index contributed by atoms with van der Waals surface area (Å²) in [5.41, 5.74) is 4.36. The monoisotopic (exact) mass is 399 g/mol. The third kappa shape index (κ3) is 5.14. The summed E-state index contributed by atoms with van der Waals surface area (Å²) in [6.45, 7) is 1.10. The largest absolute Gasteiger partial charge is 0.419 e. The second-order valence-corrected chi connectivity index (χ2v) is 7.54. The van der Waals surface area contributed by atoms with E-state index < -0.39 is 11.7 Å². The van der Waals surface area contributed by atoms with Gasteiger partial charge in [-0.3, -0.25) is 25.3 Å². The van der Waals surface area contributed by atoms with E-state index >= 15 is 0 Å². The Morgan fingerprint density at radius 3 is 2.00 bits per heavy atom. The summed E-state index contributed by atoms with van der Waals surface area (Å²) in [6.07, 6.45) is 2.70. The zero-order valence-corrected chi connectivity index (χ0v) is 15.6. The zero-order chi connectivity index (χ0) is 20.1. The molecule has 6 nitrogen and oxygen atoms in total. The number of aromatic nitrogens is 1. The summed E-state index contributed by atoms with van der Waals surface area (Å²) < 4.78 is 37.9. The molecular weight excluding hydrogens is 373 g/mol. The Morgan fingerprint density at radius 1 is 0.929 bits per heavy atom. The van der Waals surface area contributed by atoms with Crippen molar-refractivity contribution in [1.82, 2.24) is 10.9 Å². The molecule has 0 atom stereocenters. The molecule has 0 unspecified atom stereocenters. The van der Waals surface area contributed by atoms with Crippen LogP contribution in [0.15, 0.2) is 18.3 Å². The Morgan fingerprint density at radius 2 is 1.50 bits per heavy atom. The van der Waals surface area contributed by atoms with Crippen molar-refractivity contribution >= 4 is 17.6 Å². The van der Waals surface area contributed by atoms with Crippen LogP contribution < -0.4 is 20.7 Å². The van der Waals surface area contributed by atoms with E-state index in [1.807, 2.05) is 4.90 Å². The van der Waals surface area contributed by atoms with Crippen LogP contribution in [-0.4, -0.2) is 24.9 Å². The first kappa shape index (κ1) is 20.4. The highest BCUT2D eigenvalue weighted by Crippen LogP contribution is 2.29. The molecule has 2 heterocycles. The number of piperidine rings is 1. The van der Waals surface area contributed by atoms with Gasteiger partial charge in [-0.15, -0.1) is 0 Å². The normalized spacial score (nSPS) is 19.3. The second-order valence-electron chi connectivity index (χ2n) is 7.54. The standard InChI is InChI=1S/C19H25F3N4O2/c20-19(21,22)15-6-7-16(23-12-15)26-10-8-14(9-11-26)18(28)25-24-17(27)13-4-2-1-3-5-13/h6-7,12-14H,1-5,8-11H2,(H,24,27)(H,25,28)/p+1. The van der Waals surface area contributed by atoms with Gasteiger partial charge in [0.1, 0.15) is 6.20 Å². The molecule has 0 spiro atoms. The van der Waals surface area contributed by atoms with Crippen molar-refractivity contribution < 1.29 is 27.7 Å². The molecule has 1 aliphatic carbocycles. The number of H-pyrrole nitrogens is 1. The van der Waals surface area contributed by atoms with E-state index in [4.69, 9.17) is 0 Å². The van der Waals surface area contributed by atoms with Gasteiger partial charge in [-0.25, -0.2) is 4.98 Å². The minimum Gasteiger partial charge on any atom is -0.273 e. The number of hydrogen-bond acceptors (Lipinski definition) is 3. The molecule has 2 aliphatic rings. The number of nitrogens with one attached hydrogen (secondary N) is 3. The average molecular weight is 399 g/mol. The SMILES string of the molecule is O=C(NNC(=O)C1CCN(c2ccc(C(F)(F)F)c[nH+]2)CC1)C1CCCCC1. The van der Waals surface area contributed by atoms with Crippen molar-refractivity contribution in [2.24, 2.45) is 11.8 Å². The van der Waals surface area contributed by atoms with Crippen LogP contribution in [0.2, 0.25) is 0 Å². The molecule has 2 amide bonds. The average Bonchev–Trinajstić information content (AvgIpc) is 2.72. The molecule has 1 saturated carbocycles. The van der Waals surface area contributed by atoms with Crippen LogP contribution in [0.1, 0.15) is 50.5 Å². The van der Waals surface area contributed by atoms with E-state index in [0.717, 1.165) is 44.4 Å². The number of anilines is 1. The first-order chi connectivity index (χ1) is 13.3. The first-order valence-electron chi connectivity index (χ1n) is 9.78. The van der Waals surface area contributed by atoms with E-state index in [1.54, 1.807) is 0 Å². The van der Waals surface area contributed by atoms with Crippen molar-refractivity contribution in [3.8, 4) is 0 Å². The Hall–Kier alpha value is -2.32. The number of halogens is 3. The van der Waals surface area contributed by atoms with E-state index in [2.05, 4.69) is 15.8 Å². The lowest BCUT2D eigenvalue weighted by Gasteiger charge is -2.27. The number of aromatic amines is 1. The molecule has 0 aromatic carbocycles. The number of amides is 2. The summed E-state index contributed by atoms with van der Waals surface area (Å²) in [5, 5.41) is 0. The van der Waals surface area contributed by atoms with Crippen LogP contribution >= 0.6 is 0 Å². The van der Waals surface area contributed by atoms with Crippen molar-refractivity contribution in [3.63, 3.8) is 0 Å². The Labute approximate surface area is 161 Å². The fraction of sp³-hybridized carbons (Fsp3) is 0.632. The lowest BCUT2D eigenvalue weighted by molar-refractivity contribution is -0.367. The maximum Gasteiger partial charge on any atom is 0.419 e. The maximum absolute atomic E-state index is 12.6. The number of rotatable bonds is 3. The lowest BCUT2D eigenvalue weighted by atomic mass is 9.89. The highest BCUT2D eigenvalue weighted by atomic mass is 19.4. The van der Waals surface area contributed by atoms with Gasteiger partial charge in [0.05, 0.1) is 18.7 Å². The summed E-state index contributed by atoms with van der Waals surface area (Å²) in [4.78, 5) is 29.0. The smallest absolute Gasteiger partial charge is 0.273 e. The Bertz CT molecular complexity index is 679. The van der Waals surface area contributed by atoms with Crippen LogP contribution in [0.3, 0.4) is 0 Å². The molecule has 28 heavy (non-hydrogen) atoms. The fourth-order valence-electron chi connectivity index (χ4n) is 3.86. The molecular formula is C19H26F3N4O2+. The number of hydrazine groups is 1. The zero-order valence-electron chi connectivity index (χ0n) is 15.6. The molecule has 9 heteroatoms. The van der Waals surface area contributed by atoms with Gasteiger partial charge in [-0.2, -0.15) is 13.2 Å². The fourth-order valence-corrected chi connectivity index (χ4v) is 3.86. The Kier molecular flexibility index (Phi) is 6.41. The molecule has 0 radical (unpaired) electrons. The molecule has 1 aromatic rings. The van der Waals surface area contributed by atoms with Gasteiger partial charge in [-0.1, -0.05) is 19.3 Å². The number of alkyl halides is 3. The van der Waals surface area contributed by atoms with E-state index in [9.17, 15) is 22.8 Å². The summed E-state index contributed by atoms with van der Waals surface area (Å²) in [5.74, 6) is 0.0194. The van der Waals surface area contributed by atoms with Gasteiger partial charge >= 0.3 is 6.18 Å². The summed E-state index contributed by atoms with van der Waals surface area (Å²) in [7, 11) is 0. The van der Waals surface area contributed by atoms with E-state index in [0.29, 0.717) is 31.7 Å². The predicted octanol–water partition coefficient (Wildman–Crippen LogP) is 2.46. The quantitative estimate of drug-likeness (QED) is 0.767. The van der Waals surface area contributed by atoms with Gasteiger partial charge in [0.25, 0.3) is 5.82 Å². The molecule has 3 N–H and O–H groups in total. The van der Waals surface area contributed by atoms with Gasteiger partial charge in [0, 0.05) is 17.9 Å². The highest BCUT2D eigenvalue weighted by molar-refractivity contribution is 5.84. The molecule has 1 aliphatic heterocycles. The number of carbonyl (C=O) groups is 2. The van der Waals surface area contributed by atoms with Crippen molar-refractivity contribution in [2.45, 2.75) is 51.1 Å². The number of pyridine rings is 1. The highest BCUT2D eigenvalue weighted by Gasteiger charge is 2.33. The van der Waals surface area contributed by atoms with Crippen LogP contribution in [0.5, 0.6) is 0 Å². The Balaban J connectivity index is 1.44. The topological polar surface area (TPSA) is 75.6 Å². The lowest BCUT2D eigenvalue weighted by Crippen LogP contribution is -2.49. The second kappa shape index (κ2) is 8.79. The summed E-state index contributed by atoms with van der Waals surface area (Å²) >= 11 is 0. The number of nitrogens with zero attached hydrogens (tertiary/aromatic N) is 1. The third-order valence-corrected chi connectivity index (χ3v) is 5.61. The van der Waals surface area contributed by atoms with E-state index in [-0.39, 0.29) is 23.7 Å². The molecule has 1 saturated heterocycles. The molecule has 2 fully saturated rings. The first-order valence-corrected chi connectivity index (χ1v) is 9.78. The molecule has 3 rings (SSSR count). The van der Waals surface area contributed by atoms with Crippen LogP contribution in [0.25, 0.3) is 0 Å². The minimum absolute atomic E-state index is 0.0221. The third-order valence-electron chi connectivity index (χ3n) is 5.61. The summed E-state index contributed by atoms with van der Waals surface area (Å²) in [6, 6.07) is 2.46. The number of hydrogen-bond donors (Lipinski definition) is 2. The molecule has 154 valence electrons.